The number of rotatable bonds is 3. The Bertz CT molecular complexity index is 687. The lowest BCUT2D eigenvalue weighted by atomic mass is 9.99. The highest BCUT2D eigenvalue weighted by molar-refractivity contribution is 6.33. The van der Waals surface area contributed by atoms with E-state index in [1.807, 2.05) is 44.2 Å². The molecule has 2 aromatic carbocycles. The molecular formula is C17H15ClO2. The Labute approximate surface area is 123 Å². The third kappa shape index (κ3) is 3.09. The zero-order valence-electron chi connectivity index (χ0n) is 11.4. The van der Waals surface area contributed by atoms with Crippen molar-refractivity contribution in [1.82, 2.24) is 0 Å². The van der Waals surface area contributed by atoms with Gasteiger partial charge in [-0.1, -0.05) is 48.0 Å². The maximum atomic E-state index is 11.5. The lowest BCUT2D eigenvalue weighted by Gasteiger charge is -2.07. The number of hydrogen-bond donors (Lipinski definition) is 1. The molecule has 0 aliphatic heterocycles. The van der Waals surface area contributed by atoms with Crippen LogP contribution in [0.3, 0.4) is 0 Å². The third-order valence-corrected chi connectivity index (χ3v) is 3.60. The van der Waals surface area contributed by atoms with Gasteiger partial charge in [0.1, 0.15) is 0 Å². The van der Waals surface area contributed by atoms with Crippen LogP contribution < -0.4 is 0 Å². The van der Waals surface area contributed by atoms with Gasteiger partial charge in [0.15, 0.2) is 0 Å². The van der Waals surface area contributed by atoms with E-state index in [-0.39, 0.29) is 5.57 Å². The van der Waals surface area contributed by atoms with Crippen LogP contribution in [0.15, 0.2) is 42.5 Å². The highest BCUT2D eigenvalue weighted by Gasteiger charge is 2.12. The zero-order valence-corrected chi connectivity index (χ0v) is 12.1. The molecule has 0 fully saturated rings. The van der Waals surface area contributed by atoms with Crippen LogP contribution in [-0.4, -0.2) is 11.1 Å². The monoisotopic (exact) mass is 286 g/mol. The number of carboxylic acid groups (broad SMARTS) is 1. The first-order chi connectivity index (χ1) is 9.49. The Kier molecular flexibility index (Phi) is 4.26. The normalized spacial score (nSPS) is 11.4. The highest BCUT2D eigenvalue weighted by Crippen LogP contribution is 2.24. The number of hydrogen-bond acceptors (Lipinski definition) is 1. The molecule has 0 aliphatic carbocycles. The Morgan fingerprint density at radius 1 is 1.10 bits per heavy atom. The Hall–Kier alpha value is -2.06. The van der Waals surface area contributed by atoms with Gasteiger partial charge in [-0.05, 0) is 48.2 Å². The van der Waals surface area contributed by atoms with Crippen molar-refractivity contribution in [1.29, 1.82) is 0 Å². The topological polar surface area (TPSA) is 37.3 Å². The van der Waals surface area contributed by atoms with E-state index in [2.05, 4.69) is 0 Å². The maximum Gasteiger partial charge on any atom is 0.336 e. The van der Waals surface area contributed by atoms with Gasteiger partial charge in [-0.2, -0.15) is 0 Å². The SMILES string of the molecule is Cc1ccc(/C(=C/c2ccccc2Cl)C(=O)O)cc1C. The number of benzene rings is 2. The molecule has 3 heteroatoms. The first kappa shape index (κ1) is 14.4. The molecular weight excluding hydrogens is 272 g/mol. The van der Waals surface area contributed by atoms with Gasteiger partial charge in [0.25, 0.3) is 0 Å². The summed E-state index contributed by atoms with van der Waals surface area (Å²) in [6.07, 6.45) is 1.61. The molecule has 1 N–H and O–H groups in total. The number of aliphatic carboxylic acids is 1. The second kappa shape index (κ2) is 5.93. The smallest absolute Gasteiger partial charge is 0.336 e. The van der Waals surface area contributed by atoms with Gasteiger partial charge in [-0.15, -0.1) is 0 Å². The van der Waals surface area contributed by atoms with Crippen LogP contribution in [0.2, 0.25) is 5.02 Å². The van der Waals surface area contributed by atoms with E-state index in [1.165, 1.54) is 0 Å². The average Bonchev–Trinajstić information content (AvgIpc) is 2.41. The van der Waals surface area contributed by atoms with E-state index in [9.17, 15) is 9.90 Å². The van der Waals surface area contributed by atoms with E-state index >= 15 is 0 Å². The molecule has 2 rings (SSSR count). The molecule has 20 heavy (non-hydrogen) atoms. The van der Waals surface area contributed by atoms with Crippen molar-refractivity contribution in [2.75, 3.05) is 0 Å². The molecule has 0 atom stereocenters. The van der Waals surface area contributed by atoms with Crippen molar-refractivity contribution in [3.63, 3.8) is 0 Å². The summed E-state index contributed by atoms with van der Waals surface area (Å²) in [5, 5.41) is 9.96. The maximum absolute atomic E-state index is 11.5. The van der Waals surface area contributed by atoms with Crippen molar-refractivity contribution in [2.45, 2.75) is 13.8 Å². The summed E-state index contributed by atoms with van der Waals surface area (Å²) in [6, 6.07) is 12.8. The molecule has 0 unspecified atom stereocenters. The summed E-state index contributed by atoms with van der Waals surface area (Å²) in [5.41, 5.74) is 3.82. The van der Waals surface area contributed by atoms with E-state index in [4.69, 9.17) is 11.6 Å². The van der Waals surface area contributed by atoms with Crippen LogP contribution >= 0.6 is 11.6 Å². The standard InChI is InChI=1S/C17H15ClO2/c1-11-7-8-13(9-12(11)2)15(17(19)20)10-14-5-3-4-6-16(14)18/h3-10H,1-2H3,(H,19,20)/b15-10-. The summed E-state index contributed by atoms with van der Waals surface area (Å²) < 4.78 is 0. The number of carbonyl (C=O) groups is 1. The summed E-state index contributed by atoms with van der Waals surface area (Å²) in [5.74, 6) is -0.965. The Balaban J connectivity index is 2.54. The molecule has 0 aliphatic rings. The van der Waals surface area contributed by atoms with Gasteiger partial charge in [-0.25, -0.2) is 4.79 Å². The van der Waals surface area contributed by atoms with Crippen molar-refractivity contribution in [3.8, 4) is 0 Å². The van der Waals surface area contributed by atoms with Crippen molar-refractivity contribution >= 4 is 29.2 Å². The van der Waals surface area contributed by atoms with Crippen LogP contribution in [0.4, 0.5) is 0 Å². The second-order valence-corrected chi connectivity index (χ2v) is 5.09. The molecule has 0 heterocycles. The van der Waals surface area contributed by atoms with Gasteiger partial charge < -0.3 is 5.11 Å². The number of aryl methyl sites for hydroxylation is 2. The average molecular weight is 287 g/mol. The molecule has 2 nitrogen and oxygen atoms in total. The van der Waals surface area contributed by atoms with Gasteiger partial charge in [-0.3, -0.25) is 0 Å². The van der Waals surface area contributed by atoms with Crippen molar-refractivity contribution in [3.05, 3.63) is 69.7 Å². The van der Waals surface area contributed by atoms with Crippen LogP contribution in [-0.2, 0) is 4.79 Å². The highest BCUT2D eigenvalue weighted by atomic mass is 35.5. The molecule has 2 aromatic rings. The fraction of sp³-hybridized carbons (Fsp3) is 0.118. The first-order valence-electron chi connectivity index (χ1n) is 6.26. The van der Waals surface area contributed by atoms with E-state index < -0.39 is 5.97 Å². The quantitative estimate of drug-likeness (QED) is 0.662. The van der Waals surface area contributed by atoms with Gasteiger partial charge >= 0.3 is 5.97 Å². The minimum absolute atomic E-state index is 0.237. The van der Waals surface area contributed by atoms with Crippen LogP contribution in [0.25, 0.3) is 11.6 Å². The molecule has 0 bridgehead atoms. The predicted octanol–water partition coefficient (Wildman–Crippen LogP) is 4.58. The number of carboxylic acids is 1. The van der Waals surface area contributed by atoms with E-state index in [0.29, 0.717) is 16.1 Å². The van der Waals surface area contributed by atoms with E-state index in [0.717, 1.165) is 11.1 Å². The van der Waals surface area contributed by atoms with Crippen LogP contribution in [0.5, 0.6) is 0 Å². The summed E-state index contributed by atoms with van der Waals surface area (Å²) >= 11 is 6.08. The summed E-state index contributed by atoms with van der Waals surface area (Å²) in [7, 11) is 0. The van der Waals surface area contributed by atoms with Crippen LogP contribution in [0, 0.1) is 13.8 Å². The lowest BCUT2D eigenvalue weighted by molar-refractivity contribution is -0.130. The minimum Gasteiger partial charge on any atom is -0.478 e. The molecule has 0 saturated carbocycles. The first-order valence-corrected chi connectivity index (χ1v) is 6.64. The summed E-state index contributed by atoms with van der Waals surface area (Å²) in [4.78, 5) is 11.5. The molecule has 0 amide bonds. The predicted molar refractivity (Wildman–Crippen MR) is 82.9 cm³/mol. The molecule has 0 aromatic heterocycles. The molecule has 0 spiro atoms. The fourth-order valence-corrected chi connectivity index (χ4v) is 2.12. The number of halogens is 1. The largest absolute Gasteiger partial charge is 0.478 e. The van der Waals surface area contributed by atoms with Gasteiger partial charge in [0, 0.05) is 5.02 Å². The second-order valence-electron chi connectivity index (χ2n) is 4.68. The van der Waals surface area contributed by atoms with Crippen LogP contribution in [0.1, 0.15) is 22.3 Å². The Morgan fingerprint density at radius 3 is 2.40 bits per heavy atom. The lowest BCUT2D eigenvalue weighted by Crippen LogP contribution is -2.00. The zero-order chi connectivity index (χ0) is 14.7. The third-order valence-electron chi connectivity index (χ3n) is 3.25. The fourth-order valence-electron chi connectivity index (χ4n) is 1.93. The van der Waals surface area contributed by atoms with Gasteiger partial charge in [0.05, 0.1) is 5.57 Å². The van der Waals surface area contributed by atoms with Gasteiger partial charge in [0.2, 0.25) is 0 Å². The van der Waals surface area contributed by atoms with Crippen molar-refractivity contribution < 1.29 is 9.90 Å². The van der Waals surface area contributed by atoms with Crippen molar-refractivity contribution in [2.24, 2.45) is 0 Å². The molecule has 102 valence electrons. The Morgan fingerprint density at radius 2 is 1.80 bits per heavy atom. The minimum atomic E-state index is -0.965. The van der Waals surface area contributed by atoms with E-state index in [1.54, 1.807) is 18.2 Å². The molecule has 0 saturated heterocycles. The summed E-state index contributed by atoms with van der Waals surface area (Å²) in [6.45, 7) is 3.96. The molecule has 0 radical (unpaired) electrons.